The lowest BCUT2D eigenvalue weighted by Gasteiger charge is -2.55. The fraction of sp³-hybridized carbons (Fsp3) is 0.800. The highest BCUT2D eigenvalue weighted by Crippen LogP contribution is 2.47. The molecule has 1 amide bonds. The molecular weight excluding hydrogens is 238 g/mol. The molecule has 3 aliphatic rings. The summed E-state index contributed by atoms with van der Waals surface area (Å²) in [5.74, 6) is 5.89. The Labute approximate surface area is 115 Å². The van der Waals surface area contributed by atoms with Gasteiger partial charge in [-0.15, -0.1) is 0 Å². The van der Waals surface area contributed by atoms with Crippen LogP contribution in [0.5, 0.6) is 0 Å². The van der Waals surface area contributed by atoms with Crippen molar-refractivity contribution in [3.8, 4) is 11.8 Å². The van der Waals surface area contributed by atoms with Crippen LogP contribution in [0.25, 0.3) is 0 Å². The summed E-state index contributed by atoms with van der Waals surface area (Å²) in [6, 6.07) is 0. The van der Waals surface area contributed by atoms with Gasteiger partial charge in [-0.2, -0.15) is 0 Å². The van der Waals surface area contributed by atoms with Gasteiger partial charge in [0.1, 0.15) is 0 Å². The Morgan fingerprint density at radius 3 is 2.42 bits per heavy atom. The molecule has 0 unspecified atom stereocenters. The zero-order chi connectivity index (χ0) is 13.3. The first-order chi connectivity index (χ1) is 9.17. The molecule has 3 rings (SSSR count). The number of hydrogen-bond donors (Lipinski definition) is 0. The van der Waals surface area contributed by atoms with E-state index in [-0.39, 0.29) is 5.91 Å². The van der Waals surface area contributed by atoms with Gasteiger partial charge in [-0.25, -0.2) is 0 Å². The van der Waals surface area contributed by atoms with Crippen molar-refractivity contribution in [1.82, 2.24) is 14.7 Å². The normalized spacial score (nSPS) is 26.3. The van der Waals surface area contributed by atoms with Gasteiger partial charge in [-0.3, -0.25) is 9.69 Å². The molecule has 2 heterocycles. The van der Waals surface area contributed by atoms with Gasteiger partial charge in [-0.1, -0.05) is 12.3 Å². The van der Waals surface area contributed by atoms with Crippen LogP contribution in [0.15, 0.2) is 0 Å². The van der Waals surface area contributed by atoms with Crippen molar-refractivity contribution in [3.63, 3.8) is 0 Å². The van der Waals surface area contributed by atoms with Crippen LogP contribution in [0.3, 0.4) is 0 Å². The second-order valence-electron chi connectivity index (χ2n) is 6.40. The van der Waals surface area contributed by atoms with Crippen LogP contribution in [0.4, 0.5) is 0 Å². The van der Waals surface area contributed by atoms with E-state index in [1.165, 1.54) is 19.3 Å². The Hall–Kier alpha value is -1.05. The average Bonchev–Trinajstić information content (AvgIpc) is 2.28. The van der Waals surface area contributed by atoms with E-state index in [0.717, 1.165) is 45.8 Å². The molecule has 0 radical (unpaired) electrons. The first-order valence-corrected chi connectivity index (χ1v) is 7.36. The minimum absolute atomic E-state index is 0.0339. The SMILES string of the molecule is CN1CCN(CC#CC(=O)N2CC3(CCC3)C2)CC1. The van der Waals surface area contributed by atoms with E-state index in [4.69, 9.17) is 0 Å². The summed E-state index contributed by atoms with van der Waals surface area (Å²) in [6.07, 6.45) is 3.97. The molecule has 3 fully saturated rings. The van der Waals surface area contributed by atoms with Crippen molar-refractivity contribution in [1.29, 1.82) is 0 Å². The van der Waals surface area contributed by atoms with Crippen LogP contribution in [-0.2, 0) is 4.79 Å². The molecule has 0 aromatic heterocycles. The molecule has 0 bridgehead atoms. The highest BCUT2D eigenvalue weighted by atomic mass is 16.2. The largest absolute Gasteiger partial charge is 0.331 e. The van der Waals surface area contributed by atoms with Crippen LogP contribution in [0.2, 0.25) is 0 Å². The Balaban J connectivity index is 1.39. The molecule has 0 aromatic carbocycles. The quantitative estimate of drug-likeness (QED) is 0.633. The molecule has 2 aliphatic heterocycles. The lowest BCUT2D eigenvalue weighted by atomic mass is 9.63. The van der Waals surface area contributed by atoms with Crippen LogP contribution >= 0.6 is 0 Å². The third-order valence-corrected chi connectivity index (χ3v) is 4.85. The van der Waals surface area contributed by atoms with Crippen LogP contribution < -0.4 is 0 Å². The van der Waals surface area contributed by atoms with Crippen molar-refractivity contribution < 1.29 is 4.79 Å². The lowest BCUT2D eigenvalue weighted by molar-refractivity contribution is -0.143. The van der Waals surface area contributed by atoms with Crippen molar-refractivity contribution in [2.75, 3.05) is 52.9 Å². The number of carbonyl (C=O) groups excluding carboxylic acids is 1. The van der Waals surface area contributed by atoms with Crippen LogP contribution in [0.1, 0.15) is 19.3 Å². The Kier molecular flexibility index (Phi) is 3.51. The van der Waals surface area contributed by atoms with E-state index in [2.05, 4.69) is 28.7 Å². The average molecular weight is 261 g/mol. The molecular formula is C15H23N3O. The fourth-order valence-corrected chi connectivity index (χ4v) is 3.21. The van der Waals surface area contributed by atoms with Gasteiger partial charge < -0.3 is 9.80 Å². The molecule has 1 aliphatic carbocycles. The Bertz CT molecular complexity index is 403. The zero-order valence-electron chi connectivity index (χ0n) is 11.8. The predicted octanol–water partition coefficient (Wildman–Crippen LogP) is 0.250. The van der Waals surface area contributed by atoms with E-state index < -0.39 is 0 Å². The van der Waals surface area contributed by atoms with Gasteiger partial charge in [-0.05, 0) is 25.8 Å². The standard InChI is InChI=1S/C15H23N3O/c1-16-8-10-17(11-9-16)7-2-4-14(19)18-12-15(13-18)5-3-6-15/h3,5-13H2,1H3. The number of piperazine rings is 1. The molecule has 0 aromatic rings. The summed E-state index contributed by atoms with van der Waals surface area (Å²) in [5.41, 5.74) is 0.509. The summed E-state index contributed by atoms with van der Waals surface area (Å²) < 4.78 is 0. The van der Waals surface area contributed by atoms with E-state index in [9.17, 15) is 4.79 Å². The smallest absolute Gasteiger partial charge is 0.298 e. The molecule has 4 heteroatoms. The second kappa shape index (κ2) is 5.15. The number of rotatable bonds is 1. The zero-order valence-corrected chi connectivity index (χ0v) is 11.8. The van der Waals surface area contributed by atoms with Crippen molar-refractivity contribution in [3.05, 3.63) is 0 Å². The summed E-state index contributed by atoms with van der Waals surface area (Å²) in [5, 5.41) is 0. The molecule has 104 valence electrons. The van der Waals surface area contributed by atoms with Gasteiger partial charge in [0.25, 0.3) is 5.91 Å². The van der Waals surface area contributed by atoms with E-state index in [1.807, 2.05) is 4.90 Å². The van der Waals surface area contributed by atoms with Gasteiger partial charge >= 0.3 is 0 Å². The minimum Gasteiger partial charge on any atom is -0.331 e. The molecule has 0 atom stereocenters. The van der Waals surface area contributed by atoms with Gasteiger partial charge in [0.2, 0.25) is 0 Å². The van der Waals surface area contributed by atoms with E-state index in [1.54, 1.807) is 0 Å². The summed E-state index contributed by atoms with van der Waals surface area (Å²) in [6.45, 7) is 6.97. The number of likely N-dealkylation sites (N-methyl/N-ethyl adjacent to an activating group) is 1. The monoisotopic (exact) mass is 261 g/mol. The van der Waals surface area contributed by atoms with Crippen molar-refractivity contribution in [2.45, 2.75) is 19.3 Å². The van der Waals surface area contributed by atoms with Crippen molar-refractivity contribution in [2.24, 2.45) is 5.41 Å². The summed E-state index contributed by atoms with van der Waals surface area (Å²) >= 11 is 0. The number of likely N-dealkylation sites (tertiary alicyclic amines) is 1. The van der Waals surface area contributed by atoms with Gasteiger partial charge in [0.15, 0.2) is 0 Å². The molecule has 1 spiro atoms. The maximum atomic E-state index is 11.9. The van der Waals surface area contributed by atoms with Crippen molar-refractivity contribution >= 4 is 5.91 Å². The molecule has 19 heavy (non-hydrogen) atoms. The molecule has 1 saturated carbocycles. The van der Waals surface area contributed by atoms with Crippen LogP contribution in [-0.4, -0.2) is 73.5 Å². The van der Waals surface area contributed by atoms with Gasteiger partial charge in [0.05, 0.1) is 6.54 Å². The maximum Gasteiger partial charge on any atom is 0.298 e. The second-order valence-corrected chi connectivity index (χ2v) is 6.40. The van der Waals surface area contributed by atoms with Gasteiger partial charge in [0, 0.05) is 44.7 Å². The first kappa shape index (κ1) is 13.0. The third kappa shape index (κ3) is 2.77. The lowest BCUT2D eigenvalue weighted by Crippen LogP contribution is -2.61. The minimum atomic E-state index is 0.0339. The number of carbonyl (C=O) groups is 1. The number of nitrogens with zero attached hydrogens (tertiary/aromatic N) is 3. The molecule has 4 nitrogen and oxygen atoms in total. The predicted molar refractivity (Wildman–Crippen MR) is 74.6 cm³/mol. The topological polar surface area (TPSA) is 26.8 Å². The molecule has 2 saturated heterocycles. The third-order valence-electron chi connectivity index (χ3n) is 4.85. The van der Waals surface area contributed by atoms with E-state index in [0.29, 0.717) is 5.41 Å². The molecule has 0 N–H and O–H groups in total. The summed E-state index contributed by atoms with van der Waals surface area (Å²) in [7, 11) is 2.15. The Morgan fingerprint density at radius 2 is 1.84 bits per heavy atom. The first-order valence-electron chi connectivity index (χ1n) is 7.36. The highest BCUT2D eigenvalue weighted by molar-refractivity contribution is 5.94. The van der Waals surface area contributed by atoms with E-state index >= 15 is 0 Å². The summed E-state index contributed by atoms with van der Waals surface area (Å²) in [4.78, 5) is 18.4. The Morgan fingerprint density at radius 1 is 1.16 bits per heavy atom. The number of amides is 1. The number of hydrogen-bond acceptors (Lipinski definition) is 3. The fourth-order valence-electron chi connectivity index (χ4n) is 3.21. The highest BCUT2D eigenvalue weighted by Gasteiger charge is 2.48. The van der Waals surface area contributed by atoms with Crippen LogP contribution in [0, 0.1) is 17.3 Å². The maximum absolute atomic E-state index is 11.9.